The van der Waals surface area contributed by atoms with Crippen LogP contribution in [-0.2, 0) is 6.54 Å². The van der Waals surface area contributed by atoms with Gasteiger partial charge in [0.1, 0.15) is 5.82 Å². The average molecular weight is 305 g/mol. The van der Waals surface area contributed by atoms with Crippen LogP contribution in [-0.4, -0.2) is 43.3 Å². The molecule has 0 aliphatic carbocycles. The van der Waals surface area contributed by atoms with E-state index in [0.717, 1.165) is 10.0 Å². The van der Waals surface area contributed by atoms with E-state index >= 15 is 0 Å². The van der Waals surface area contributed by atoms with Gasteiger partial charge >= 0.3 is 0 Å². The van der Waals surface area contributed by atoms with E-state index in [4.69, 9.17) is 0 Å². The molecule has 0 bridgehead atoms. The Morgan fingerprint density at radius 2 is 2.18 bits per heavy atom. The van der Waals surface area contributed by atoms with Crippen LogP contribution in [0.5, 0.6) is 0 Å². The van der Waals surface area contributed by atoms with E-state index in [1.807, 2.05) is 19.0 Å². The molecular weight excluding hydrogens is 287 g/mol. The fourth-order valence-corrected chi connectivity index (χ4v) is 1.93. The zero-order valence-corrected chi connectivity index (χ0v) is 11.7. The lowest BCUT2D eigenvalue weighted by Crippen LogP contribution is -2.34. The van der Waals surface area contributed by atoms with E-state index < -0.39 is 6.10 Å². The highest BCUT2D eigenvalue weighted by atomic mass is 79.9. The first kappa shape index (κ1) is 14.6. The van der Waals surface area contributed by atoms with E-state index in [-0.39, 0.29) is 5.82 Å². The van der Waals surface area contributed by atoms with Crippen molar-refractivity contribution in [2.75, 3.05) is 27.2 Å². The molecule has 1 rings (SSSR count). The second-order valence-electron chi connectivity index (χ2n) is 4.28. The Hall–Kier alpha value is -0.490. The van der Waals surface area contributed by atoms with Crippen molar-refractivity contribution >= 4 is 15.9 Å². The maximum absolute atomic E-state index is 13.0. The third kappa shape index (κ3) is 5.59. The van der Waals surface area contributed by atoms with Gasteiger partial charge in [0.25, 0.3) is 0 Å². The topological polar surface area (TPSA) is 35.5 Å². The first-order chi connectivity index (χ1) is 7.99. The smallest absolute Gasteiger partial charge is 0.123 e. The summed E-state index contributed by atoms with van der Waals surface area (Å²) in [6.45, 7) is 1.63. The summed E-state index contributed by atoms with van der Waals surface area (Å²) >= 11 is 3.36. The number of hydrogen-bond donors (Lipinski definition) is 2. The van der Waals surface area contributed by atoms with Gasteiger partial charge in [-0.25, -0.2) is 4.39 Å². The number of likely N-dealkylation sites (N-methyl/N-ethyl adjacent to an activating group) is 1. The summed E-state index contributed by atoms with van der Waals surface area (Å²) in [6, 6.07) is 4.58. The van der Waals surface area contributed by atoms with Crippen molar-refractivity contribution in [3.63, 3.8) is 0 Å². The first-order valence-electron chi connectivity index (χ1n) is 5.46. The minimum Gasteiger partial charge on any atom is -0.390 e. The molecule has 2 N–H and O–H groups in total. The number of aliphatic hydroxyl groups is 1. The lowest BCUT2D eigenvalue weighted by atomic mass is 10.2. The highest BCUT2D eigenvalue weighted by Gasteiger charge is 2.06. The number of benzene rings is 1. The molecule has 17 heavy (non-hydrogen) atoms. The molecule has 0 amide bonds. The molecule has 1 unspecified atom stereocenters. The molecule has 0 aliphatic heterocycles. The number of aliphatic hydroxyl groups excluding tert-OH is 1. The van der Waals surface area contributed by atoms with Crippen molar-refractivity contribution < 1.29 is 9.50 Å². The zero-order valence-electron chi connectivity index (χ0n) is 10.1. The van der Waals surface area contributed by atoms with Crippen molar-refractivity contribution in [3.8, 4) is 0 Å². The van der Waals surface area contributed by atoms with Crippen LogP contribution in [0, 0.1) is 5.82 Å². The van der Waals surface area contributed by atoms with Gasteiger partial charge in [-0.2, -0.15) is 0 Å². The highest BCUT2D eigenvalue weighted by Crippen LogP contribution is 2.17. The van der Waals surface area contributed by atoms with Gasteiger partial charge < -0.3 is 15.3 Å². The van der Waals surface area contributed by atoms with Gasteiger partial charge in [-0.3, -0.25) is 0 Å². The molecule has 96 valence electrons. The standard InChI is InChI=1S/C12H18BrFN2O/c1-16(2)8-11(17)7-15-6-9-5-10(14)3-4-12(9)13/h3-5,11,15,17H,6-8H2,1-2H3. The van der Waals surface area contributed by atoms with Crippen LogP contribution in [0.2, 0.25) is 0 Å². The SMILES string of the molecule is CN(C)CC(O)CNCc1cc(F)ccc1Br. The molecule has 0 spiro atoms. The number of hydrogen-bond acceptors (Lipinski definition) is 3. The number of nitrogens with one attached hydrogen (secondary N) is 1. The molecular formula is C12H18BrFN2O. The maximum Gasteiger partial charge on any atom is 0.123 e. The van der Waals surface area contributed by atoms with Crippen LogP contribution in [0.3, 0.4) is 0 Å². The normalized spacial score (nSPS) is 13.1. The lowest BCUT2D eigenvalue weighted by Gasteiger charge is -2.16. The summed E-state index contributed by atoms with van der Waals surface area (Å²) in [5.41, 5.74) is 0.849. The van der Waals surface area contributed by atoms with Crippen molar-refractivity contribution in [1.29, 1.82) is 0 Å². The van der Waals surface area contributed by atoms with Crippen LogP contribution >= 0.6 is 15.9 Å². The van der Waals surface area contributed by atoms with Crippen molar-refractivity contribution in [1.82, 2.24) is 10.2 Å². The molecule has 0 saturated carbocycles. The maximum atomic E-state index is 13.0. The monoisotopic (exact) mass is 304 g/mol. The van der Waals surface area contributed by atoms with Gasteiger partial charge in [0.05, 0.1) is 6.10 Å². The Labute approximate surface area is 110 Å². The minimum atomic E-state index is -0.419. The summed E-state index contributed by atoms with van der Waals surface area (Å²) in [4.78, 5) is 1.92. The van der Waals surface area contributed by atoms with Gasteiger partial charge in [0.2, 0.25) is 0 Å². The minimum absolute atomic E-state index is 0.251. The summed E-state index contributed by atoms with van der Waals surface area (Å²) in [7, 11) is 3.82. The molecule has 0 saturated heterocycles. The second kappa shape index (κ2) is 7.06. The quantitative estimate of drug-likeness (QED) is 0.838. The molecule has 0 aliphatic rings. The summed E-state index contributed by atoms with van der Waals surface area (Å²) < 4.78 is 13.9. The van der Waals surface area contributed by atoms with Crippen molar-refractivity contribution in [3.05, 3.63) is 34.1 Å². The first-order valence-corrected chi connectivity index (χ1v) is 6.26. The predicted molar refractivity (Wildman–Crippen MR) is 70.4 cm³/mol. The van der Waals surface area contributed by atoms with E-state index in [1.54, 1.807) is 6.07 Å². The summed E-state index contributed by atoms with van der Waals surface area (Å²) in [5.74, 6) is -0.251. The molecule has 1 atom stereocenters. The molecule has 0 fully saturated rings. The Kier molecular flexibility index (Phi) is 6.05. The van der Waals surface area contributed by atoms with Crippen molar-refractivity contribution in [2.45, 2.75) is 12.6 Å². The van der Waals surface area contributed by atoms with Gasteiger partial charge in [0.15, 0.2) is 0 Å². The summed E-state index contributed by atoms with van der Waals surface area (Å²) in [6.07, 6.45) is -0.419. The van der Waals surface area contributed by atoms with Crippen LogP contribution in [0.25, 0.3) is 0 Å². The van der Waals surface area contributed by atoms with Gasteiger partial charge in [-0.05, 0) is 37.9 Å². The number of rotatable bonds is 6. The Morgan fingerprint density at radius 3 is 2.82 bits per heavy atom. The van der Waals surface area contributed by atoms with Gasteiger partial charge in [-0.1, -0.05) is 15.9 Å². The Balaban J connectivity index is 2.38. The molecule has 0 aromatic heterocycles. The third-order valence-corrected chi connectivity index (χ3v) is 3.05. The number of nitrogens with zero attached hydrogens (tertiary/aromatic N) is 1. The fourth-order valence-electron chi connectivity index (χ4n) is 1.54. The van der Waals surface area contributed by atoms with Crippen LogP contribution in [0.1, 0.15) is 5.56 Å². The van der Waals surface area contributed by atoms with E-state index in [0.29, 0.717) is 19.6 Å². The van der Waals surface area contributed by atoms with Gasteiger partial charge in [-0.15, -0.1) is 0 Å². The van der Waals surface area contributed by atoms with Crippen LogP contribution in [0.15, 0.2) is 22.7 Å². The molecule has 1 aromatic rings. The zero-order chi connectivity index (χ0) is 12.8. The molecule has 5 heteroatoms. The lowest BCUT2D eigenvalue weighted by molar-refractivity contribution is 0.134. The van der Waals surface area contributed by atoms with E-state index in [9.17, 15) is 9.50 Å². The molecule has 0 radical (unpaired) electrons. The van der Waals surface area contributed by atoms with Crippen molar-refractivity contribution in [2.24, 2.45) is 0 Å². The van der Waals surface area contributed by atoms with Crippen LogP contribution in [0.4, 0.5) is 4.39 Å². The van der Waals surface area contributed by atoms with E-state index in [1.165, 1.54) is 12.1 Å². The number of halogens is 2. The average Bonchev–Trinajstić information content (AvgIpc) is 2.22. The van der Waals surface area contributed by atoms with Gasteiger partial charge in [0, 0.05) is 24.1 Å². The molecule has 1 aromatic carbocycles. The molecule has 0 heterocycles. The summed E-state index contributed by atoms with van der Waals surface area (Å²) in [5, 5.41) is 12.7. The third-order valence-electron chi connectivity index (χ3n) is 2.28. The fraction of sp³-hybridized carbons (Fsp3) is 0.500. The van der Waals surface area contributed by atoms with E-state index in [2.05, 4.69) is 21.2 Å². The molecule has 3 nitrogen and oxygen atoms in total. The Bertz CT molecular complexity index is 360. The predicted octanol–water partition coefficient (Wildman–Crippen LogP) is 1.60. The highest BCUT2D eigenvalue weighted by molar-refractivity contribution is 9.10. The second-order valence-corrected chi connectivity index (χ2v) is 5.14. The Morgan fingerprint density at radius 1 is 1.47 bits per heavy atom. The van der Waals surface area contributed by atoms with Crippen LogP contribution < -0.4 is 5.32 Å². The largest absolute Gasteiger partial charge is 0.390 e.